The maximum absolute atomic E-state index is 5.60. The average molecular weight is 345 g/mol. The molecule has 0 N–H and O–H groups in total. The van der Waals surface area contributed by atoms with Crippen LogP contribution in [0.1, 0.15) is 61.8 Å². The summed E-state index contributed by atoms with van der Waals surface area (Å²) in [6.07, 6.45) is 6.49. The standard InChI is InChI=1S/C18H27N5O2/c1-12(2)23-8-13(6-19-23)7-22-9-15(11-24-3)16(10-22)18-20-17(21-25-18)14-4-5-14/h6,8,12,14-16H,4-5,7,9-11H2,1-3H3/t15-,16+/m0/s1. The predicted molar refractivity (Wildman–Crippen MR) is 92.3 cm³/mol. The fourth-order valence-corrected chi connectivity index (χ4v) is 3.66. The highest BCUT2D eigenvalue weighted by Crippen LogP contribution is 2.40. The third kappa shape index (κ3) is 3.62. The average Bonchev–Trinajstić information content (AvgIpc) is 3.00. The van der Waals surface area contributed by atoms with Crippen molar-refractivity contribution in [3.63, 3.8) is 0 Å². The summed E-state index contributed by atoms with van der Waals surface area (Å²) in [5, 5.41) is 8.63. The van der Waals surface area contributed by atoms with Gasteiger partial charge in [-0.05, 0) is 26.7 Å². The highest BCUT2D eigenvalue weighted by atomic mass is 16.5. The maximum atomic E-state index is 5.60. The molecule has 0 unspecified atom stereocenters. The number of methoxy groups -OCH3 is 1. The SMILES string of the molecule is COC[C@@H]1CN(Cc2cnn(C(C)C)c2)C[C@H]1c1nc(C2CC2)no1. The molecule has 3 heterocycles. The van der Waals surface area contributed by atoms with Crippen molar-refractivity contribution in [3.8, 4) is 0 Å². The van der Waals surface area contributed by atoms with E-state index in [-0.39, 0.29) is 5.92 Å². The van der Waals surface area contributed by atoms with Gasteiger partial charge in [-0.1, -0.05) is 5.16 Å². The number of rotatable bonds is 7. The Morgan fingerprint density at radius 3 is 2.84 bits per heavy atom. The van der Waals surface area contributed by atoms with Crippen LogP contribution in [0.2, 0.25) is 0 Å². The van der Waals surface area contributed by atoms with Crippen LogP contribution < -0.4 is 0 Å². The number of nitrogens with zero attached hydrogens (tertiary/aromatic N) is 5. The summed E-state index contributed by atoms with van der Waals surface area (Å²) in [5.74, 6) is 2.84. The minimum atomic E-state index is 0.250. The van der Waals surface area contributed by atoms with E-state index in [1.807, 2.05) is 10.9 Å². The quantitative estimate of drug-likeness (QED) is 0.768. The predicted octanol–water partition coefficient (Wildman–Crippen LogP) is 2.59. The molecular weight excluding hydrogens is 318 g/mol. The van der Waals surface area contributed by atoms with Gasteiger partial charge < -0.3 is 9.26 Å². The third-order valence-corrected chi connectivity index (χ3v) is 5.20. The summed E-state index contributed by atoms with van der Waals surface area (Å²) in [4.78, 5) is 7.12. The van der Waals surface area contributed by atoms with Gasteiger partial charge in [0.2, 0.25) is 5.89 Å². The van der Waals surface area contributed by atoms with Crippen LogP contribution >= 0.6 is 0 Å². The zero-order valence-corrected chi connectivity index (χ0v) is 15.3. The van der Waals surface area contributed by atoms with Crippen LogP contribution in [-0.4, -0.2) is 51.6 Å². The lowest BCUT2D eigenvalue weighted by atomic mass is 9.97. The van der Waals surface area contributed by atoms with Gasteiger partial charge in [-0.25, -0.2) is 0 Å². The molecule has 1 aliphatic heterocycles. The second-order valence-corrected chi connectivity index (χ2v) is 7.70. The van der Waals surface area contributed by atoms with E-state index in [9.17, 15) is 0 Å². The van der Waals surface area contributed by atoms with Crippen molar-refractivity contribution in [1.29, 1.82) is 0 Å². The molecule has 2 fully saturated rings. The lowest BCUT2D eigenvalue weighted by Crippen LogP contribution is -2.21. The molecule has 2 atom stereocenters. The van der Waals surface area contributed by atoms with Gasteiger partial charge in [-0.3, -0.25) is 9.58 Å². The minimum Gasteiger partial charge on any atom is -0.384 e. The van der Waals surface area contributed by atoms with Crippen molar-refractivity contribution < 1.29 is 9.26 Å². The van der Waals surface area contributed by atoms with E-state index in [0.717, 1.165) is 31.3 Å². The lowest BCUT2D eigenvalue weighted by molar-refractivity contribution is 0.142. The first-order valence-electron chi connectivity index (χ1n) is 9.22. The molecule has 7 nitrogen and oxygen atoms in total. The molecule has 2 aromatic rings. The van der Waals surface area contributed by atoms with Crippen LogP contribution in [0.5, 0.6) is 0 Å². The summed E-state index contributed by atoms with van der Waals surface area (Å²) < 4.78 is 13.1. The molecule has 0 radical (unpaired) electrons. The Bertz CT molecular complexity index is 706. The van der Waals surface area contributed by atoms with Crippen LogP contribution in [-0.2, 0) is 11.3 Å². The van der Waals surface area contributed by atoms with Crippen molar-refractivity contribution in [2.24, 2.45) is 5.92 Å². The Kier molecular flexibility index (Phi) is 4.60. The molecule has 2 aliphatic rings. The van der Waals surface area contributed by atoms with Gasteiger partial charge in [0.15, 0.2) is 5.82 Å². The Labute approximate surface area is 148 Å². The summed E-state index contributed by atoms with van der Waals surface area (Å²) in [6.45, 7) is 7.80. The van der Waals surface area contributed by atoms with E-state index in [4.69, 9.17) is 9.26 Å². The molecule has 0 spiro atoms. The minimum absolute atomic E-state index is 0.250. The van der Waals surface area contributed by atoms with Crippen LogP contribution in [0, 0.1) is 5.92 Å². The zero-order chi connectivity index (χ0) is 17.4. The third-order valence-electron chi connectivity index (χ3n) is 5.20. The molecule has 1 aliphatic carbocycles. The van der Waals surface area contributed by atoms with Gasteiger partial charge in [0, 0.05) is 56.4 Å². The molecule has 25 heavy (non-hydrogen) atoms. The van der Waals surface area contributed by atoms with Crippen molar-refractivity contribution >= 4 is 0 Å². The monoisotopic (exact) mass is 345 g/mol. The smallest absolute Gasteiger partial charge is 0.231 e. The van der Waals surface area contributed by atoms with E-state index >= 15 is 0 Å². The van der Waals surface area contributed by atoms with Crippen molar-refractivity contribution in [2.45, 2.75) is 51.1 Å². The summed E-state index contributed by atoms with van der Waals surface area (Å²) >= 11 is 0. The highest BCUT2D eigenvalue weighted by Gasteiger charge is 2.38. The molecule has 1 saturated heterocycles. The van der Waals surface area contributed by atoms with Gasteiger partial charge in [0.05, 0.1) is 18.7 Å². The number of likely N-dealkylation sites (tertiary alicyclic amines) is 1. The summed E-state index contributed by atoms with van der Waals surface area (Å²) in [6, 6.07) is 0.389. The number of hydrogen-bond acceptors (Lipinski definition) is 6. The normalized spacial score (nSPS) is 24.5. The molecule has 4 rings (SSSR count). The second-order valence-electron chi connectivity index (χ2n) is 7.70. The molecule has 2 aromatic heterocycles. The second kappa shape index (κ2) is 6.88. The van der Waals surface area contributed by atoms with Crippen LogP contribution in [0.25, 0.3) is 0 Å². The Morgan fingerprint density at radius 1 is 1.32 bits per heavy atom. The first-order chi connectivity index (χ1) is 12.1. The summed E-state index contributed by atoms with van der Waals surface area (Å²) in [5.41, 5.74) is 1.25. The molecule has 0 aromatic carbocycles. The van der Waals surface area contributed by atoms with E-state index in [1.165, 1.54) is 18.4 Å². The fraction of sp³-hybridized carbons (Fsp3) is 0.722. The van der Waals surface area contributed by atoms with Crippen molar-refractivity contribution in [1.82, 2.24) is 24.8 Å². The zero-order valence-electron chi connectivity index (χ0n) is 15.3. The largest absolute Gasteiger partial charge is 0.384 e. The molecule has 136 valence electrons. The van der Waals surface area contributed by atoms with Crippen molar-refractivity contribution in [2.75, 3.05) is 26.8 Å². The van der Waals surface area contributed by atoms with Gasteiger partial charge in [-0.15, -0.1) is 0 Å². The van der Waals surface area contributed by atoms with E-state index in [0.29, 0.717) is 24.5 Å². The molecular formula is C18H27N5O2. The first kappa shape index (κ1) is 16.7. The van der Waals surface area contributed by atoms with Gasteiger partial charge in [0.25, 0.3) is 0 Å². The molecule has 7 heteroatoms. The van der Waals surface area contributed by atoms with Gasteiger partial charge in [-0.2, -0.15) is 10.1 Å². The van der Waals surface area contributed by atoms with E-state index in [1.54, 1.807) is 7.11 Å². The van der Waals surface area contributed by atoms with Gasteiger partial charge in [0.1, 0.15) is 0 Å². The van der Waals surface area contributed by atoms with E-state index < -0.39 is 0 Å². The van der Waals surface area contributed by atoms with Gasteiger partial charge >= 0.3 is 0 Å². The van der Waals surface area contributed by atoms with Crippen LogP contribution in [0.4, 0.5) is 0 Å². The molecule has 1 saturated carbocycles. The summed E-state index contributed by atoms with van der Waals surface area (Å²) in [7, 11) is 1.76. The molecule has 0 bridgehead atoms. The first-order valence-corrected chi connectivity index (χ1v) is 9.22. The topological polar surface area (TPSA) is 69.2 Å². The van der Waals surface area contributed by atoms with Crippen LogP contribution in [0.15, 0.2) is 16.9 Å². The Morgan fingerprint density at radius 2 is 2.16 bits per heavy atom. The van der Waals surface area contributed by atoms with Crippen LogP contribution in [0.3, 0.4) is 0 Å². The number of ether oxygens (including phenoxy) is 1. The Hall–Kier alpha value is -1.73. The number of hydrogen-bond donors (Lipinski definition) is 0. The Balaban J connectivity index is 1.45. The maximum Gasteiger partial charge on any atom is 0.231 e. The van der Waals surface area contributed by atoms with E-state index in [2.05, 4.69) is 40.2 Å². The molecule has 0 amide bonds. The number of aromatic nitrogens is 4. The van der Waals surface area contributed by atoms with Crippen molar-refractivity contribution in [3.05, 3.63) is 29.7 Å². The lowest BCUT2D eigenvalue weighted by Gasteiger charge is -2.14. The highest BCUT2D eigenvalue weighted by molar-refractivity contribution is 5.10. The fourth-order valence-electron chi connectivity index (χ4n) is 3.66.